The van der Waals surface area contributed by atoms with Crippen molar-refractivity contribution in [3.05, 3.63) is 34.6 Å². The quantitative estimate of drug-likeness (QED) is 0.915. The molecule has 1 aromatic carbocycles. The molecule has 0 aliphatic carbocycles. The third-order valence-corrected chi connectivity index (χ3v) is 4.57. The molecule has 2 aromatic rings. The molecule has 3 rings (SSSR count). The van der Waals surface area contributed by atoms with E-state index in [1.165, 1.54) is 6.42 Å². The Balaban J connectivity index is 1.93. The van der Waals surface area contributed by atoms with Gasteiger partial charge in [-0.3, -0.25) is 9.59 Å². The lowest BCUT2D eigenvalue weighted by Gasteiger charge is -2.28. The Labute approximate surface area is 154 Å². The van der Waals surface area contributed by atoms with Crippen LogP contribution in [-0.4, -0.2) is 34.1 Å². The fourth-order valence-electron chi connectivity index (χ4n) is 3.41. The molecule has 26 heavy (non-hydrogen) atoms. The minimum Gasteiger partial charge on any atom is -0.352 e. The Kier molecular flexibility index (Phi) is 5.30. The van der Waals surface area contributed by atoms with Gasteiger partial charge in [0, 0.05) is 31.6 Å². The Morgan fingerprint density at radius 3 is 2.54 bits per heavy atom. The number of fused-ring (bicyclic) bond motifs is 1. The lowest BCUT2D eigenvalue weighted by atomic mass is 10.1. The maximum atomic E-state index is 13.1. The zero-order valence-electron chi connectivity index (χ0n) is 15.9. The number of rotatable bonds is 4. The second kappa shape index (κ2) is 7.48. The molecule has 0 atom stereocenters. The summed E-state index contributed by atoms with van der Waals surface area (Å²) < 4.78 is 1.70. The van der Waals surface area contributed by atoms with E-state index in [1.54, 1.807) is 4.57 Å². The van der Waals surface area contributed by atoms with Crippen molar-refractivity contribution in [1.29, 1.82) is 0 Å². The number of piperidine rings is 1. The second-order valence-corrected chi connectivity index (χ2v) is 7.98. The number of aromatic nitrogens is 2. The van der Waals surface area contributed by atoms with Gasteiger partial charge in [-0.15, -0.1) is 0 Å². The summed E-state index contributed by atoms with van der Waals surface area (Å²) in [4.78, 5) is 32.0. The van der Waals surface area contributed by atoms with Crippen molar-refractivity contribution < 1.29 is 4.79 Å². The molecule has 6 heteroatoms. The highest BCUT2D eigenvalue weighted by Gasteiger charge is 2.20. The van der Waals surface area contributed by atoms with E-state index in [9.17, 15) is 9.59 Å². The first-order valence-corrected chi connectivity index (χ1v) is 9.41. The van der Waals surface area contributed by atoms with E-state index in [0.717, 1.165) is 37.0 Å². The Hall–Kier alpha value is -2.37. The van der Waals surface area contributed by atoms with Gasteiger partial charge in [0.2, 0.25) is 5.91 Å². The molecule has 1 amide bonds. The minimum absolute atomic E-state index is 0.0511. The van der Waals surface area contributed by atoms with Gasteiger partial charge in [-0.05, 0) is 52.2 Å². The summed E-state index contributed by atoms with van der Waals surface area (Å²) in [5.74, 6) is 0.462. The van der Waals surface area contributed by atoms with Crippen LogP contribution in [0.5, 0.6) is 0 Å². The molecule has 140 valence electrons. The zero-order chi connectivity index (χ0) is 18.7. The van der Waals surface area contributed by atoms with Crippen molar-refractivity contribution in [2.45, 2.75) is 58.5 Å². The Bertz CT molecular complexity index is 845. The number of aryl methyl sites for hydroxylation is 1. The smallest absolute Gasteiger partial charge is 0.294 e. The fourth-order valence-corrected chi connectivity index (χ4v) is 3.41. The van der Waals surface area contributed by atoms with Crippen LogP contribution in [0.3, 0.4) is 0 Å². The third-order valence-electron chi connectivity index (χ3n) is 4.57. The van der Waals surface area contributed by atoms with Crippen LogP contribution in [0.15, 0.2) is 29.1 Å². The molecule has 0 saturated carbocycles. The molecule has 1 aliphatic heterocycles. The van der Waals surface area contributed by atoms with E-state index >= 15 is 0 Å². The van der Waals surface area contributed by atoms with E-state index in [0.29, 0.717) is 12.4 Å². The largest absolute Gasteiger partial charge is 0.352 e. The number of carbonyl (C=O) groups excluding carboxylic acids is 1. The number of para-hydroxylation sites is 2. The van der Waals surface area contributed by atoms with Crippen LogP contribution in [0.2, 0.25) is 0 Å². The lowest BCUT2D eigenvalue weighted by molar-refractivity contribution is -0.122. The molecule has 1 N–H and O–H groups in total. The summed E-state index contributed by atoms with van der Waals surface area (Å²) in [5, 5.41) is 2.95. The monoisotopic (exact) mass is 356 g/mol. The van der Waals surface area contributed by atoms with Gasteiger partial charge < -0.3 is 14.8 Å². The van der Waals surface area contributed by atoms with Crippen molar-refractivity contribution in [3.8, 4) is 0 Å². The SMILES string of the molecule is CC(C)(C)NC(=O)CCn1c(=O)c(N2CCCCC2)nc2ccccc21. The number of benzene rings is 1. The van der Waals surface area contributed by atoms with Gasteiger partial charge in [0.15, 0.2) is 5.82 Å². The molecular weight excluding hydrogens is 328 g/mol. The predicted molar refractivity (Wildman–Crippen MR) is 105 cm³/mol. The first kappa shape index (κ1) is 18.4. The summed E-state index contributed by atoms with van der Waals surface area (Å²) in [6, 6.07) is 7.64. The van der Waals surface area contributed by atoms with Crippen molar-refractivity contribution >= 4 is 22.8 Å². The summed E-state index contributed by atoms with van der Waals surface area (Å²) in [6.45, 7) is 7.94. The van der Waals surface area contributed by atoms with Gasteiger partial charge in [0.1, 0.15) is 0 Å². The average molecular weight is 356 g/mol. The molecule has 2 heterocycles. The normalized spacial score (nSPS) is 15.3. The number of amides is 1. The van der Waals surface area contributed by atoms with Gasteiger partial charge in [0.05, 0.1) is 11.0 Å². The van der Waals surface area contributed by atoms with Crippen LogP contribution in [0.25, 0.3) is 11.0 Å². The van der Waals surface area contributed by atoms with E-state index in [2.05, 4.69) is 15.2 Å². The van der Waals surface area contributed by atoms with Crippen LogP contribution in [-0.2, 0) is 11.3 Å². The van der Waals surface area contributed by atoms with Gasteiger partial charge in [0.25, 0.3) is 5.56 Å². The molecule has 0 bridgehead atoms. The highest BCUT2D eigenvalue weighted by molar-refractivity contribution is 5.78. The first-order valence-electron chi connectivity index (χ1n) is 9.41. The number of anilines is 1. The van der Waals surface area contributed by atoms with Gasteiger partial charge in [-0.25, -0.2) is 4.98 Å². The molecule has 0 unspecified atom stereocenters. The van der Waals surface area contributed by atoms with Crippen molar-refractivity contribution in [1.82, 2.24) is 14.9 Å². The summed E-state index contributed by atoms with van der Waals surface area (Å²) in [5.41, 5.74) is 1.20. The number of carbonyl (C=O) groups is 1. The fraction of sp³-hybridized carbons (Fsp3) is 0.550. The molecular formula is C20H28N4O2. The van der Waals surface area contributed by atoms with E-state index in [-0.39, 0.29) is 23.4 Å². The number of nitrogens with one attached hydrogen (secondary N) is 1. The van der Waals surface area contributed by atoms with Gasteiger partial charge in [-0.2, -0.15) is 0 Å². The van der Waals surface area contributed by atoms with E-state index < -0.39 is 0 Å². The second-order valence-electron chi connectivity index (χ2n) is 7.98. The predicted octanol–water partition coefficient (Wildman–Crippen LogP) is 2.69. The molecule has 1 aliphatic rings. The molecule has 6 nitrogen and oxygen atoms in total. The zero-order valence-corrected chi connectivity index (χ0v) is 15.9. The van der Waals surface area contributed by atoms with E-state index in [1.807, 2.05) is 45.0 Å². The van der Waals surface area contributed by atoms with Crippen LogP contribution in [0.4, 0.5) is 5.82 Å². The van der Waals surface area contributed by atoms with Crippen molar-refractivity contribution in [2.24, 2.45) is 0 Å². The summed E-state index contributed by atoms with van der Waals surface area (Å²) in [7, 11) is 0. The molecule has 1 fully saturated rings. The standard InChI is InChI=1S/C20H28N4O2/c1-20(2,3)22-17(25)11-14-24-16-10-6-5-9-15(16)21-18(19(24)26)23-12-7-4-8-13-23/h5-6,9-10H,4,7-8,11-14H2,1-3H3,(H,22,25). The van der Waals surface area contributed by atoms with Crippen molar-refractivity contribution in [2.75, 3.05) is 18.0 Å². The molecule has 1 aromatic heterocycles. The topological polar surface area (TPSA) is 67.2 Å². The Morgan fingerprint density at radius 1 is 1.15 bits per heavy atom. The van der Waals surface area contributed by atoms with Gasteiger partial charge >= 0.3 is 0 Å². The highest BCUT2D eigenvalue weighted by atomic mass is 16.2. The molecule has 0 spiro atoms. The Morgan fingerprint density at radius 2 is 1.85 bits per heavy atom. The number of nitrogens with zero attached hydrogens (tertiary/aromatic N) is 3. The van der Waals surface area contributed by atoms with Gasteiger partial charge in [-0.1, -0.05) is 12.1 Å². The lowest BCUT2D eigenvalue weighted by Crippen LogP contribution is -2.41. The van der Waals surface area contributed by atoms with Crippen LogP contribution >= 0.6 is 0 Å². The number of hydrogen-bond donors (Lipinski definition) is 1. The minimum atomic E-state index is -0.276. The third kappa shape index (κ3) is 4.23. The van der Waals surface area contributed by atoms with Crippen LogP contribution < -0.4 is 15.8 Å². The van der Waals surface area contributed by atoms with E-state index in [4.69, 9.17) is 0 Å². The number of hydrogen-bond acceptors (Lipinski definition) is 4. The van der Waals surface area contributed by atoms with Crippen LogP contribution in [0.1, 0.15) is 46.5 Å². The maximum absolute atomic E-state index is 13.1. The highest BCUT2D eigenvalue weighted by Crippen LogP contribution is 2.18. The van der Waals surface area contributed by atoms with Crippen LogP contribution in [0, 0.1) is 0 Å². The molecule has 1 saturated heterocycles. The molecule has 0 radical (unpaired) electrons. The average Bonchev–Trinajstić information content (AvgIpc) is 2.60. The summed E-state index contributed by atoms with van der Waals surface area (Å²) in [6.07, 6.45) is 3.64. The summed E-state index contributed by atoms with van der Waals surface area (Å²) >= 11 is 0. The maximum Gasteiger partial charge on any atom is 0.294 e. The first-order chi connectivity index (χ1) is 12.3. The van der Waals surface area contributed by atoms with Crippen molar-refractivity contribution in [3.63, 3.8) is 0 Å².